The molecule has 37 heavy (non-hydrogen) atoms. The van der Waals surface area contributed by atoms with E-state index < -0.39 is 19.7 Å². The summed E-state index contributed by atoms with van der Waals surface area (Å²) < 4.78 is 57.3. The maximum atomic E-state index is 13.1. The van der Waals surface area contributed by atoms with Crippen molar-refractivity contribution in [3.05, 3.63) is 100 Å². The first-order chi connectivity index (χ1) is 17.4. The summed E-state index contributed by atoms with van der Waals surface area (Å²) in [5.74, 6) is 0.440. The standard InChI is InChI=1S/C29H36O6S2/c1-6-25(11-9-21-30)36(31,32)28-19-15-24(16-20-28)35-22-10-12-26(7-2)37(33,34)27-17-13-23(14-18-27)29(4,5)8-3/h6-7,9-20,30H,8,21-22H2,1-5H3/b11-9-,12-10-,25-6+,26-7+. The predicted octanol–water partition coefficient (Wildman–Crippen LogP) is 5.91. The van der Waals surface area contributed by atoms with Gasteiger partial charge in [-0.3, -0.25) is 0 Å². The van der Waals surface area contributed by atoms with Gasteiger partial charge in [0.2, 0.25) is 19.7 Å². The van der Waals surface area contributed by atoms with Crippen LogP contribution in [0.1, 0.15) is 46.6 Å². The van der Waals surface area contributed by atoms with Gasteiger partial charge in [-0.15, -0.1) is 0 Å². The highest BCUT2D eigenvalue weighted by molar-refractivity contribution is 7.95. The lowest BCUT2D eigenvalue weighted by molar-refractivity contribution is 0.342. The Balaban J connectivity index is 2.09. The molecule has 0 heterocycles. The third-order valence-electron chi connectivity index (χ3n) is 6.17. The van der Waals surface area contributed by atoms with Crippen molar-refractivity contribution in [2.45, 2.75) is 56.2 Å². The highest BCUT2D eigenvalue weighted by Gasteiger charge is 2.22. The number of hydrogen-bond acceptors (Lipinski definition) is 6. The van der Waals surface area contributed by atoms with Crippen LogP contribution in [0.25, 0.3) is 0 Å². The molecule has 0 saturated carbocycles. The number of allylic oxidation sites excluding steroid dienone is 4. The second-order valence-electron chi connectivity index (χ2n) is 8.92. The summed E-state index contributed by atoms with van der Waals surface area (Å²) in [6, 6.07) is 13.0. The minimum Gasteiger partial charge on any atom is -0.490 e. The van der Waals surface area contributed by atoms with Gasteiger partial charge in [0.05, 0.1) is 26.2 Å². The molecule has 8 heteroatoms. The number of aliphatic hydroxyl groups is 1. The van der Waals surface area contributed by atoms with E-state index in [9.17, 15) is 16.8 Å². The Hall–Kier alpha value is -2.94. The Morgan fingerprint density at radius 1 is 0.811 bits per heavy atom. The van der Waals surface area contributed by atoms with Gasteiger partial charge in [0.15, 0.2) is 0 Å². The van der Waals surface area contributed by atoms with Crippen molar-refractivity contribution in [3.63, 3.8) is 0 Å². The first-order valence-corrected chi connectivity index (χ1v) is 15.0. The molecule has 200 valence electrons. The van der Waals surface area contributed by atoms with E-state index in [1.54, 1.807) is 38.1 Å². The molecule has 0 amide bonds. The van der Waals surface area contributed by atoms with Crippen molar-refractivity contribution in [1.82, 2.24) is 0 Å². The minimum absolute atomic E-state index is 0.0305. The molecule has 0 fully saturated rings. The van der Waals surface area contributed by atoms with E-state index in [2.05, 4.69) is 20.8 Å². The molecule has 0 saturated heterocycles. The van der Waals surface area contributed by atoms with Gasteiger partial charge < -0.3 is 9.84 Å². The lowest BCUT2D eigenvalue weighted by Gasteiger charge is -2.23. The van der Waals surface area contributed by atoms with Crippen LogP contribution in [0.2, 0.25) is 0 Å². The van der Waals surface area contributed by atoms with Crippen LogP contribution in [-0.4, -0.2) is 35.2 Å². The summed E-state index contributed by atoms with van der Waals surface area (Å²) in [6.07, 6.45) is 9.77. The van der Waals surface area contributed by atoms with Crippen molar-refractivity contribution in [2.75, 3.05) is 13.2 Å². The van der Waals surface area contributed by atoms with Crippen LogP contribution in [0.4, 0.5) is 0 Å². The van der Waals surface area contributed by atoms with Gasteiger partial charge >= 0.3 is 0 Å². The van der Waals surface area contributed by atoms with Crippen molar-refractivity contribution in [1.29, 1.82) is 0 Å². The number of ether oxygens (including phenoxy) is 1. The molecule has 0 aliphatic carbocycles. The van der Waals surface area contributed by atoms with Crippen molar-refractivity contribution in [2.24, 2.45) is 0 Å². The highest BCUT2D eigenvalue weighted by atomic mass is 32.2. The summed E-state index contributed by atoms with van der Waals surface area (Å²) in [5, 5.41) is 8.92. The molecule has 2 aromatic rings. The van der Waals surface area contributed by atoms with Gasteiger partial charge in [0, 0.05) is 0 Å². The Bertz CT molecular complexity index is 1380. The van der Waals surface area contributed by atoms with Crippen LogP contribution >= 0.6 is 0 Å². The molecule has 1 N–H and O–H groups in total. The zero-order valence-electron chi connectivity index (χ0n) is 22.0. The topological polar surface area (TPSA) is 97.7 Å². The quantitative estimate of drug-likeness (QED) is 0.334. The Morgan fingerprint density at radius 3 is 1.70 bits per heavy atom. The van der Waals surface area contributed by atoms with E-state index in [-0.39, 0.29) is 38.2 Å². The molecule has 0 aromatic heterocycles. The van der Waals surface area contributed by atoms with Crippen LogP contribution in [0, 0.1) is 0 Å². The van der Waals surface area contributed by atoms with E-state index in [4.69, 9.17) is 9.84 Å². The van der Waals surface area contributed by atoms with Crippen LogP contribution in [0.5, 0.6) is 5.75 Å². The molecule has 6 nitrogen and oxygen atoms in total. The molecule has 0 unspecified atom stereocenters. The van der Waals surface area contributed by atoms with Crippen molar-refractivity contribution < 1.29 is 26.7 Å². The summed E-state index contributed by atoms with van der Waals surface area (Å²) in [5.41, 5.74) is 1.06. The van der Waals surface area contributed by atoms with Crippen LogP contribution in [-0.2, 0) is 25.1 Å². The predicted molar refractivity (Wildman–Crippen MR) is 149 cm³/mol. The zero-order chi connectivity index (χ0) is 27.7. The van der Waals surface area contributed by atoms with E-state index in [1.807, 2.05) is 12.1 Å². The smallest absolute Gasteiger partial charge is 0.206 e. The molecule has 0 radical (unpaired) electrons. The average Bonchev–Trinajstić information content (AvgIpc) is 2.89. The van der Waals surface area contributed by atoms with Gasteiger partial charge in [0.1, 0.15) is 12.4 Å². The van der Waals surface area contributed by atoms with Gasteiger partial charge in [-0.25, -0.2) is 16.8 Å². The summed E-state index contributed by atoms with van der Waals surface area (Å²) in [4.78, 5) is 0.575. The fraction of sp³-hybridized carbons (Fsp3) is 0.310. The summed E-state index contributed by atoms with van der Waals surface area (Å²) >= 11 is 0. The molecule has 2 aromatic carbocycles. The number of rotatable bonds is 12. The molecular formula is C29H36O6S2. The summed E-state index contributed by atoms with van der Waals surface area (Å²) in [7, 11) is -7.40. The molecule has 0 aliphatic rings. The monoisotopic (exact) mass is 544 g/mol. The fourth-order valence-electron chi connectivity index (χ4n) is 3.44. The first kappa shape index (κ1) is 30.3. The van der Waals surface area contributed by atoms with E-state index in [0.717, 1.165) is 12.0 Å². The highest BCUT2D eigenvalue weighted by Crippen LogP contribution is 2.29. The lowest BCUT2D eigenvalue weighted by atomic mass is 9.82. The van der Waals surface area contributed by atoms with E-state index in [1.165, 1.54) is 48.6 Å². The van der Waals surface area contributed by atoms with Gasteiger partial charge in [-0.05, 0) is 85.9 Å². The van der Waals surface area contributed by atoms with E-state index >= 15 is 0 Å². The van der Waals surface area contributed by atoms with Crippen LogP contribution in [0.15, 0.2) is 105 Å². The minimum atomic E-state index is -3.72. The third-order valence-corrected chi connectivity index (χ3v) is 9.94. The second kappa shape index (κ2) is 13.0. The summed E-state index contributed by atoms with van der Waals surface area (Å²) in [6.45, 7) is 9.47. The van der Waals surface area contributed by atoms with Crippen LogP contribution < -0.4 is 4.74 Å². The lowest BCUT2D eigenvalue weighted by Crippen LogP contribution is -2.15. The Labute approximate surface area is 221 Å². The maximum absolute atomic E-state index is 13.1. The Kier molecular flexibility index (Phi) is 10.7. The molecule has 2 rings (SSSR count). The van der Waals surface area contributed by atoms with Crippen LogP contribution in [0.3, 0.4) is 0 Å². The fourth-order valence-corrected chi connectivity index (χ4v) is 6.14. The molecule has 0 spiro atoms. The van der Waals surface area contributed by atoms with Gasteiger partial charge in [0.25, 0.3) is 0 Å². The number of sulfone groups is 2. The molecular weight excluding hydrogens is 508 g/mol. The largest absolute Gasteiger partial charge is 0.490 e. The second-order valence-corrected chi connectivity index (χ2v) is 12.8. The molecule has 0 atom stereocenters. The Morgan fingerprint density at radius 2 is 1.27 bits per heavy atom. The maximum Gasteiger partial charge on any atom is 0.206 e. The zero-order valence-corrected chi connectivity index (χ0v) is 23.6. The molecule has 0 aliphatic heterocycles. The number of benzene rings is 2. The first-order valence-electron chi connectivity index (χ1n) is 12.0. The number of aliphatic hydroxyl groups excluding tert-OH is 1. The molecule has 0 bridgehead atoms. The number of hydrogen-bond donors (Lipinski definition) is 1. The van der Waals surface area contributed by atoms with Gasteiger partial charge in [-0.1, -0.05) is 51.1 Å². The normalized spacial score (nSPS) is 14.0. The average molecular weight is 545 g/mol. The third kappa shape index (κ3) is 7.53. The van der Waals surface area contributed by atoms with Crippen molar-refractivity contribution in [3.8, 4) is 5.75 Å². The van der Waals surface area contributed by atoms with Gasteiger partial charge in [-0.2, -0.15) is 0 Å². The van der Waals surface area contributed by atoms with Crippen molar-refractivity contribution >= 4 is 19.7 Å². The van der Waals surface area contributed by atoms with E-state index in [0.29, 0.717) is 5.75 Å². The SMILES string of the molecule is C/C=C(\C=C/CO)S(=O)(=O)c1ccc(OC/C=C\C(=C/C)S(=O)(=O)c2ccc(C(C)(C)CC)cc2)cc1.